The van der Waals surface area contributed by atoms with Crippen molar-refractivity contribution in [3.63, 3.8) is 0 Å². The molecule has 0 aliphatic rings. The third-order valence-electron chi connectivity index (χ3n) is 4.44. The maximum Gasteiger partial charge on any atom is 0.418 e. The minimum atomic E-state index is -4.60. The van der Waals surface area contributed by atoms with Gasteiger partial charge >= 0.3 is 12.2 Å². The third kappa shape index (κ3) is 4.53. The number of halogens is 3. The molecule has 0 aliphatic carbocycles. The fourth-order valence-corrected chi connectivity index (χ4v) is 3.04. The van der Waals surface area contributed by atoms with E-state index in [0.29, 0.717) is 11.3 Å². The van der Waals surface area contributed by atoms with Crippen molar-refractivity contribution >= 4 is 17.4 Å². The van der Waals surface area contributed by atoms with Crippen LogP contribution in [0.25, 0.3) is 22.5 Å². The number of para-hydroxylation sites is 1. The molecular formula is C21H15F3N6O. The molecule has 3 N–H and O–H groups in total. The fourth-order valence-electron chi connectivity index (χ4n) is 3.04. The highest BCUT2D eigenvalue weighted by atomic mass is 19.4. The number of benzene rings is 3. The Balaban J connectivity index is 1.64. The number of H-pyrrole nitrogens is 1. The summed E-state index contributed by atoms with van der Waals surface area (Å²) in [5.41, 5.74) is 1.24. The Morgan fingerprint density at radius 1 is 0.839 bits per heavy atom. The van der Waals surface area contributed by atoms with E-state index in [9.17, 15) is 18.0 Å². The summed E-state index contributed by atoms with van der Waals surface area (Å²) < 4.78 is 39.5. The number of aromatic amines is 1. The lowest BCUT2D eigenvalue weighted by Gasteiger charge is -2.15. The molecule has 10 heteroatoms. The second kappa shape index (κ2) is 8.27. The molecule has 0 spiro atoms. The summed E-state index contributed by atoms with van der Waals surface area (Å²) in [6, 6.07) is 18.6. The van der Waals surface area contributed by atoms with Gasteiger partial charge in [-0.05, 0) is 40.6 Å². The van der Waals surface area contributed by atoms with Crippen LogP contribution in [0.3, 0.4) is 0 Å². The zero-order chi connectivity index (χ0) is 21.8. The van der Waals surface area contributed by atoms with E-state index in [1.807, 2.05) is 30.3 Å². The van der Waals surface area contributed by atoms with Gasteiger partial charge in [0.1, 0.15) is 0 Å². The van der Waals surface area contributed by atoms with Crippen molar-refractivity contribution in [1.82, 2.24) is 20.6 Å². The van der Waals surface area contributed by atoms with Crippen LogP contribution in [-0.4, -0.2) is 26.7 Å². The molecule has 0 saturated heterocycles. The van der Waals surface area contributed by atoms with Gasteiger partial charge in [0, 0.05) is 5.56 Å². The van der Waals surface area contributed by atoms with Crippen LogP contribution in [0.5, 0.6) is 0 Å². The lowest BCUT2D eigenvalue weighted by atomic mass is 10.0. The number of rotatable bonds is 4. The molecule has 156 valence electrons. The van der Waals surface area contributed by atoms with Gasteiger partial charge in [0.05, 0.1) is 16.9 Å². The van der Waals surface area contributed by atoms with Crippen LogP contribution in [0.1, 0.15) is 5.56 Å². The minimum Gasteiger partial charge on any atom is -0.307 e. The van der Waals surface area contributed by atoms with Gasteiger partial charge in [-0.3, -0.25) is 0 Å². The van der Waals surface area contributed by atoms with E-state index >= 15 is 0 Å². The Morgan fingerprint density at radius 3 is 2.26 bits per heavy atom. The number of anilines is 2. The Kier molecular flexibility index (Phi) is 5.35. The first kappa shape index (κ1) is 20.1. The highest BCUT2D eigenvalue weighted by Gasteiger charge is 2.33. The van der Waals surface area contributed by atoms with Gasteiger partial charge in [-0.2, -0.15) is 18.4 Å². The molecule has 0 unspecified atom stereocenters. The van der Waals surface area contributed by atoms with E-state index < -0.39 is 17.8 Å². The minimum absolute atomic E-state index is 0.226. The molecule has 0 bridgehead atoms. The molecule has 4 aromatic rings. The first-order valence-electron chi connectivity index (χ1n) is 9.09. The van der Waals surface area contributed by atoms with Crippen molar-refractivity contribution < 1.29 is 18.0 Å². The fraction of sp³-hybridized carbons (Fsp3) is 0.0476. The highest BCUT2D eigenvalue weighted by Crippen LogP contribution is 2.35. The predicted molar refractivity (Wildman–Crippen MR) is 109 cm³/mol. The highest BCUT2D eigenvalue weighted by molar-refractivity contribution is 6.02. The average Bonchev–Trinajstić information content (AvgIpc) is 3.29. The van der Waals surface area contributed by atoms with Crippen molar-refractivity contribution in [1.29, 1.82) is 0 Å². The molecule has 1 heterocycles. The topological polar surface area (TPSA) is 95.6 Å². The number of aromatic nitrogens is 4. The van der Waals surface area contributed by atoms with Gasteiger partial charge < -0.3 is 10.6 Å². The zero-order valence-electron chi connectivity index (χ0n) is 15.8. The van der Waals surface area contributed by atoms with E-state index in [1.54, 1.807) is 18.2 Å². The number of nitrogens with zero attached hydrogens (tertiary/aromatic N) is 3. The number of amides is 2. The van der Waals surface area contributed by atoms with Gasteiger partial charge in [-0.25, -0.2) is 4.79 Å². The summed E-state index contributed by atoms with van der Waals surface area (Å²) in [5.74, 6) is 0.226. The van der Waals surface area contributed by atoms with E-state index in [4.69, 9.17) is 0 Å². The van der Waals surface area contributed by atoms with Crippen LogP contribution >= 0.6 is 0 Å². The van der Waals surface area contributed by atoms with Crippen molar-refractivity contribution in [2.24, 2.45) is 0 Å². The van der Waals surface area contributed by atoms with Crippen LogP contribution in [0.15, 0.2) is 72.8 Å². The maximum absolute atomic E-state index is 13.2. The molecule has 3 aromatic carbocycles. The summed E-state index contributed by atoms with van der Waals surface area (Å²) in [7, 11) is 0. The Bertz CT molecular complexity index is 1190. The first-order valence-corrected chi connectivity index (χ1v) is 9.09. The molecule has 0 saturated carbocycles. The van der Waals surface area contributed by atoms with Crippen LogP contribution in [0.4, 0.5) is 29.3 Å². The second-order valence-corrected chi connectivity index (χ2v) is 6.48. The first-order chi connectivity index (χ1) is 14.9. The van der Waals surface area contributed by atoms with E-state index in [1.165, 1.54) is 18.2 Å². The van der Waals surface area contributed by atoms with Crippen molar-refractivity contribution in [3.8, 4) is 22.5 Å². The molecule has 31 heavy (non-hydrogen) atoms. The summed E-state index contributed by atoms with van der Waals surface area (Å²) in [6.07, 6.45) is -4.60. The van der Waals surface area contributed by atoms with Gasteiger partial charge in [0.2, 0.25) is 5.82 Å². The number of alkyl halides is 3. The molecule has 2 amide bonds. The quantitative estimate of drug-likeness (QED) is 0.420. The number of urea groups is 1. The van der Waals surface area contributed by atoms with E-state index in [2.05, 4.69) is 31.3 Å². The van der Waals surface area contributed by atoms with Crippen molar-refractivity contribution in [3.05, 3.63) is 78.4 Å². The van der Waals surface area contributed by atoms with Gasteiger partial charge in [0.25, 0.3) is 0 Å². The molecule has 4 rings (SSSR count). The van der Waals surface area contributed by atoms with Gasteiger partial charge in [0.15, 0.2) is 0 Å². The summed E-state index contributed by atoms with van der Waals surface area (Å²) in [4.78, 5) is 12.5. The summed E-state index contributed by atoms with van der Waals surface area (Å²) in [5, 5.41) is 18.6. The number of carbonyl (C=O) groups is 1. The molecule has 7 nitrogen and oxygen atoms in total. The summed E-state index contributed by atoms with van der Waals surface area (Å²) in [6.45, 7) is 0. The zero-order valence-corrected chi connectivity index (χ0v) is 15.8. The number of hydrogen-bond acceptors (Lipinski definition) is 4. The molecule has 0 radical (unpaired) electrons. The molecular weight excluding hydrogens is 409 g/mol. The smallest absolute Gasteiger partial charge is 0.307 e. The third-order valence-corrected chi connectivity index (χ3v) is 4.44. The Morgan fingerprint density at radius 2 is 1.55 bits per heavy atom. The van der Waals surface area contributed by atoms with Crippen LogP contribution in [0.2, 0.25) is 0 Å². The maximum atomic E-state index is 13.2. The number of nitrogens with one attached hydrogen (secondary N) is 3. The van der Waals surface area contributed by atoms with Crippen molar-refractivity contribution in [2.45, 2.75) is 6.18 Å². The van der Waals surface area contributed by atoms with Crippen LogP contribution in [-0.2, 0) is 6.18 Å². The van der Waals surface area contributed by atoms with Crippen LogP contribution in [0, 0.1) is 0 Å². The van der Waals surface area contributed by atoms with E-state index in [0.717, 1.165) is 17.2 Å². The normalized spacial score (nSPS) is 11.2. The lowest BCUT2D eigenvalue weighted by Crippen LogP contribution is -2.22. The monoisotopic (exact) mass is 424 g/mol. The number of carbonyl (C=O) groups excluding carboxylic acids is 1. The molecule has 0 fully saturated rings. The Labute approximate surface area is 174 Å². The second-order valence-electron chi connectivity index (χ2n) is 6.48. The number of hydrogen-bond donors (Lipinski definition) is 3. The molecule has 0 aliphatic heterocycles. The average molecular weight is 424 g/mol. The largest absolute Gasteiger partial charge is 0.418 e. The standard InChI is InChI=1S/C21H15F3N6O/c22-21(23,24)16-8-4-5-9-18(16)26-20(31)25-17-11-10-14(13-6-2-1-3-7-13)12-15(17)19-27-29-30-28-19/h1-12H,(H2,25,26,31)(H,27,28,29,30). The molecule has 0 atom stereocenters. The van der Waals surface area contributed by atoms with Gasteiger partial charge in [-0.15, -0.1) is 10.2 Å². The van der Waals surface area contributed by atoms with Gasteiger partial charge in [-0.1, -0.05) is 48.5 Å². The number of tetrazole rings is 1. The predicted octanol–water partition coefficient (Wildman–Crippen LogP) is 5.20. The molecule has 1 aromatic heterocycles. The Hall–Kier alpha value is -4.21. The van der Waals surface area contributed by atoms with E-state index in [-0.39, 0.29) is 11.5 Å². The van der Waals surface area contributed by atoms with Crippen LogP contribution < -0.4 is 10.6 Å². The van der Waals surface area contributed by atoms with Crippen molar-refractivity contribution in [2.75, 3.05) is 10.6 Å². The SMILES string of the molecule is O=C(Nc1ccc(-c2ccccc2)cc1-c1nn[nH]n1)Nc1ccccc1C(F)(F)F. The summed E-state index contributed by atoms with van der Waals surface area (Å²) >= 11 is 0. The lowest BCUT2D eigenvalue weighted by molar-refractivity contribution is -0.136.